The maximum Gasteiger partial charge on any atom is 0.324 e. The first-order chi connectivity index (χ1) is 9.48. The molecule has 0 heterocycles. The van der Waals surface area contributed by atoms with Gasteiger partial charge in [0.05, 0.1) is 14.2 Å². The van der Waals surface area contributed by atoms with E-state index >= 15 is 0 Å². The van der Waals surface area contributed by atoms with Gasteiger partial charge in [-0.25, -0.2) is 0 Å². The fourth-order valence-corrected chi connectivity index (χ4v) is 2.66. The van der Waals surface area contributed by atoms with E-state index < -0.39 is 17.4 Å². The summed E-state index contributed by atoms with van der Waals surface area (Å²) < 4.78 is 9.84. The smallest absolute Gasteiger partial charge is 0.324 e. The predicted octanol–water partition coefficient (Wildman–Crippen LogP) is 3.03. The van der Waals surface area contributed by atoms with E-state index in [1.807, 2.05) is 32.1 Å². The van der Waals surface area contributed by atoms with Crippen molar-refractivity contribution < 1.29 is 19.1 Å². The molecular formula is C16H24O4. The Bertz CT molecular complexity index is 400. The monoisotopic (exact) mass is 280 g/mol. The van der Waals surface area contributed by atoms with Gasteiger partial charge in [-0.1, -0.05) is 23.8 Å². The van der Waals surface area contributed by atoms with Gasteiger partial charge < -0.3 is 9.47 Å². The zero-order valence-electron chi connectivity index (χ0n) is 12.8. The van der Waals surface area contributed by atoms with Gasteiger partial charge in [-0.05, 0) is 39.5 Å². The van der Waals surface area contributed by atoms with Crippen molar-refractivity contribution in [2.45, 2.75) is 39.5 Å². The highest BCUT2D eigenvalue weighted by atomic mass is 16.5. The normalized spacial score (nSPS) is 18.3. The summed E-state index contributed by atoms with van der Waals surface area (Å²) >= 11 is 0. The molecule has 20 heavy (non-hydrogen) atoms. The van der Waals surface area contributed by atoms with E-state index in [1.54, 1.807) is 0 Å². The largest absolute Gasteiger partial charge is 0.468 e. The maximum absolute atomic E-state index is 12.4. The number of carbonyl (C=O) groups is 2. The lowest BCUT2D eigenvalue weighted by atomic mass is 9.68. The first-order valence-electron chi connectivity index (χ1n) is 6.96. The predicted molar refractivity (Wildman–Crippen MR) is 77.0 cm³/mol. The first kappa shape index (κ1) is 16.5. The molecule has 1 unspecified atom stereocenters. The molecular weight excluding hydrogens is 256 g/mol. The van der Waals surface area contributed by atoms with Crippen LogP contribution in [0.25, 0.3) is 0 Å². The summed E-state index contributed by atoms with van der Waals surface area (Å²) in [5.74, 6) is -1.21. The summed E-state index contributed by atoms with van der Waals surface area (Å²) in [4.78, 5) is 24.7. The summed E-state index contributed by atoms with van der Waals surface area (Å²) in [6.07, 6.45) is 8.92. The fourth-order valence-electron chi connectivity index (χ4n) is 2.66. The molecule has 1 rings (SSSR count). The highest BCUT2D eigenvalue weighted by Crippen LogP contribution is 2.41. The molecule has 0 aliphatic heterocycles. The summed E-state index contributed by atoms with van der Waals surface area (Å²) in [7, 11) is 2.63. The number of methoxy groups -OCH3 is 2. The molecule has 0 bridgehead atoms. The van der Waals surface area contributed by atoms with E-state index in [-0.39, 0.29) is 5.92 Å². The summed E-state index contributed by atoms with van der Waals surface area (Å²) in [5, 5.41) is 0. The second-order valence-corrected chi connectivity index (χ2v) is 5.41. The highest BCUT2D eigenvalue weighted by molar-refractivity contribution is 6.01. The van der Waals surface area contributed by atoms with E-state index in [0.717, 1.165) is 24.8 Å². The number of esters is 2. The van der Waals surface area contributed by atoms with Crippen molar-refractivity contribution in [1.29, 1.82) is 0 Å². The molecule has 1 aliphatic carbocycles. The molecule has 0 amide bonds. The van der Waals surface area contributed by atoms with E-state index in [4.69, 9.17) is 9.47 Å². The Morgan fingerprint density at radius 3 is 2.25 bits per heavy atom. The van der Waals surface area contributed by atoms with Gasteiger partial charge in [-0.15, -0.1) is 0 Å². The number of carbonyl (C=O) groups excluding carboxylic acids is 2. The van der Waals surface area contributed by atoms with Gasteiger partial charge in [0.2, 0.25) is 0 Å². The van der Waals surface area contributed by atoms with Crippen molar-refractivity contribution in [3.63, 3.8) is 0 Å². The number of allylic oxidation sites excluding steroid dienone is 4. The Morgan fingerprint density at radius 1 is 1.25 bits per heavy atom. The van der Waals surface area contributed by atoms with Gasteiger partial charge in [0.25, 0.3) is 0 Å². The van der Waals surface area contributed by atoms with Crippen LogP contribution >= 0.6 is 0 Å². The number of hydrogen-bond acceptors (Lipinski definition) is 4. The third-order valence-corrected chi connectivity index (χ3v) is 3.82. The van der Waals surface area contributed by atoms with Crippen LogP contribution in [0, 0.1) is 11.3 Å². The van der Waals surface area contributed by atoms with Crippen molar-refractivity contribution in [3.8, 4) is 0 Å². The quantitative estimate of drug-likeness (QED) is 0.441. The fraction of sp³-hybridized carbons (Fsp3) is 0.625. The van der Waals surface area contributed by atoms with Gasteiger partial charge in [0, 0.05) is 5.92 Å². The van der Waals surface area contributed by atoms with Gasteiger partial charge in [0.1, 0.15) is 0 Å². The molecule has 0 saturated carbocycles. The molecule has 0 spiro atoms. The van der Waals surface area contributed by atoms with Crippen molar-refractivity contribution in [3.05, 3.63) is 23.8 Å². The van der Waals surface area contributed by atoms with Crippen LogP contribution < -0.4 is 0 Å². The third-order valence-electron chi connectivity index (χ3n) is 3.82. The minimum atomic E-state index is -1.27. The molecule has 0 aromatic carbocycles. The van der Waals surface area contributed by atoms with Crippen LogP contribution in [-0.2, 0) is 19.1 Å². The molecule has 0 aromatic heterocycles. The molecule has 112 valence electrons. The molecule has 0 radical (unpaired) electrons. The van der Waals surface area contributed by atoms with Crippen LogP contribution in [0.3, 0.4) is 0 Å². The minimum Gasteiger partial charge on any atom is -0.468 e. The lowest BCUT2D eigenvalue weighted by molar-refractivity contribution is -0.172. The average molecular weight is 280 g/mol. The van der Waals surface area contributed by atoms with Crippen molar-refractivity contribution in [2.24, 2.45) is 11.3 Å². The van der Waals surface area contributed by atoms with Crippen LogP contribution in [0.1, 0.15) is 39.5 Å². The Morgan fingerprint density at radius 2 is 1.85 bits per heavy atom. The summed E-state index contributed by atoms with van der Waals surface area (Å²) in [6, 6.07) is 0. The molecule has 4 nitrogen and oxygen atoms in total. The van der Waals surface area contributed by atoms with Crippen LogP contribution in [-0.4, -0.2) is 26.2 Å². The SMILES string of the molecule is COC(=O)C(CC=C(C)C)(C(=O)OC)C1C=CCCC1. The Hall–Kier alpha value is -1.58. The van der Waals surface area contributed by atoms with Crippen molar-refractivity contribution in [1.82, 2.24) is 0 Å². The van der Waals surface area contributed by atoms with E-state index in [0.29, 0.717) is 6.42 Å². The molecule has 0 N–H and O–H groups in total. The van der Waals surface area contributed by atoms with Crippen LogP contribution in [0.5, 0.6) is 0 Å². The topological polar surface area (TPSA) is 52.6 Å². The van der Waals surface area contributed by atoms with E-state index in [1.165, 1.54) is 14.2 Å². The van der Waals surface area contributed by atoms with Crippen molar-refractivity contribution in [2.75, 3.05) is 14.2 Å². The second-order valence-electron chi connectivity index (χ2n) is 5.41. The van der Waals surface area contributed by atoms with Gasteiger partial charge >= 0.3 is 11.9 Å². The first-order valence-corrected chi connectivity index (χ1v) is 6.96. The molecule has 0 fully saturated rings. The lowest BCUT2D eigenvalue weighted by Gasteiger charge is -2.35. The molecule has 1 aliphatic rings. The summed E-state index contributed by atoms with van der Waals surface area (Å²) in [6.45, 7) is 3.88. The average Bonchev–Trinajstić information content (AvgIpc) is 2.47. The number of rotatable bonds is 5. The molecule has 0 saturated heterocycles. The van der Waals surface area contributed by atoms with Gasteiger partial charge in [-0.2, -0.15) is 0 Å². The minimum absolute atomic E-state index is 0.174. The van der Waals surface area contributed by atoms with Gasteiger partial charge in [0.15, 0.2) is 5.41 Å². The third kappa shape index (κ3) is 3.30. The zero-order chi connectivity index (χ0) is 15.2. The number of hydrogen-bond donors (Lipinski definition) is 0. The lowest BCUT2D eigenvalue weighted by Crippen LogP contribution is -2.47. The second kappa shape index (κ2) is 7.27. The molecule has 1 atom stereocenters. The Balaban J connectivity index is 3.27. The van der Waals surface area contributed by atoms with Crippen molar-refractivity contribution >= 4 is 11.9 Å². The summed E-state index contributed by atoms with van der Waals surface area (Å²) in [5.41, 5.74) is -0.209. The van der Waals surface area contributed by atoms with E-state index in [2.05, 4.69) is 0 Å². The molecule has 4 heteroatoms. The maximum atomic E-state index is 12.4. The number of ether oxygens (including phenoxy) is 2. The van der Waals surface area contributed by atoms with Gasteiger partial charge in [-0.3, -0.25) is 9.59 Å². The van der Waals surface area contributed by atoms with Crippen LogP contribution in [0.4, 0.5) is 0 Å². The van der Waals surface area contributed by atoms with Crippen LogP contribution in [0.2, 0.25) is 0 Å². The molecule has 0 aromatic rings. The standard InChI is InChI=1S/C16H24O4/c1-12(2)10-11-16(14(17)19-3,15(18)20-4)13-8-6-5-7-9-13/h6,8,10,13H,5,7,9,11H2,1-4H3. The van der Waals surface area contributed by atoms with Crippen LogP contribution in [0.15, 0.2) is 23.8 Å². The highest BCUT2D eigenvalue weighted by Gasteiger charge is 2.52. The Kier molecular flexibility index (Phi) is 5.99. The zero-order valence-corrected chi connectivity index (χ0v) is 12.8. The Labute approximate surface area is 120 Å². The van der Waals surface area contributed by atoms with E-state index in [9.17, 15) is 9.59 Å².